The Kier molecular flexibility index (Phi) is 2.65. The maximum Gasteiger partial charge on any atom is 0.323 e. The van der Waals surface area contributed by atoms with Crippen LogP contribution in [0, 0.1) is 0 Å². The van der Waals surface area contributed by atoms with Gasteiger partial charge in [0.2, 0.25) is 5.91 Å². The number of carbonyl (C=O) groups excluding carboxylic acids is 1. The van der Waals surface area contributed by atoms with Crippen LogP contribution in [0.4, 0.5) is 0 Å². The van der Waals surface area contributed by atoms with Crippen LogP contribution in [0.2, 0.25) is 0 Å². The van der Waals surface area contributed by atoms with Crippen molar-refractivity contribution in [2.45, 2.75) is 13.0 Å². The van der Waals surface area contributed by atoms with Crippen LogP contribution in [0.5, 0.6) is 0 Å². The highest BCUT2D eigenvalue weighted by atomic mass is 16.4. The van der Waals surface area contributed by atoms with Crippen molar-refractivity contribution in [3.8, 4) is 0 Å². The zero-order valence-corrected chi connectivity index (χ0v) is 6.91. The van der Waals surface area contributed by atoms with Crippen molar-refractivity contribution in [3.63, 3.8) is 0 Å². The van der Waals surface area contributed by atoms with E-state index in [-0.39, 0.29) is 25.0 Å². The van der Waals surface area contributed by atoms with Crippen LogP contribution in [-0.4, -0.2) is 47.6 Å². The van der Waals surface area contributed by atoms with Gasteiger partial charge in [-0.15, -0.1) is 0 Å². The summed E-state index contributed by atoms with van der Waals surface area (Å²) in [4.78, 5) is 22.7. The Morgan fingerprint density at radius 3 is 3.08 bits per heavy atom. The second-order valence-electron chi connectivity index (χ2n) is 2.95. The minimum atomic E-state index is -0.961. The van der Waals surface area contributed by atoms with Gasteiger partial charge in [0.25, 0.3) is 0 Å². The van der Waals surface area contributed by atoms with Gasteiger partial charge in [0.15, 0.2) is 0 Å². The lowest BCUT2D eigenvalue weighted by atomic mass is 10.2. The Morgan fingerprint density at radius 1 is 1.83 bits per heavy atom. The fourth-order valence-electron chi connectivity index (χ4n) is 1.19. The van der Waals surface area contributed by atoms with E-state index in [0.29, 0.717) is 6.54 Å². The molecular formula is C7H12N2O3. The van der Waals surface area contributed by atoms with Crippen LogP contribution in [0.1, 0.15) is 6.92 Å². The van der Waals surface area contributed by atoms with Crippen molar-refractivity contribution in [2.24, 2.45) is 0 Å². The van der Waals surface area contributed by atoms with E-state index in [0.717, 1.165) is 0 Å². The quantitative estimate of drug-likeness (QED) is 0.554. The summed E-state index contributed by atoms with van der Waals surface area (Å²) >= 11 is 0. The molecule has 0 saturated carbocycles. The van der Waals surface area contributed by atoms with Gasteiger partial charge >= 0.3 is 5.97 Å². The monoisotopic (exact) mass is 172 g/mol. The number of carbonyl (C=O) groups is 2. The normalized spacial score (nSPS) is 24.2. The van der Waals surface area contributed by atoms with Crippen molar-refractivity contribution in [1.29, 1.82) is 0 Å². The number of piperazine rings is 1. The van der Waals surface area contributed by atoms with Crippen LogP contribution in [-0.2, 0) is 9.59 Å². The zero-order chi connectivity index (χ0) is 9.14. The minimum Gasteiger partial charge on any atom is -0.480 e. The van der Waals surface area contributed by atoms with Gasteiger partial charge in [0.05, 0.1) is 6.54 Å². The van der Waals surface area contributed by atoms with E-state index in [9.17, 15) is 9.59 Å². The van der Waals surface area contributed by atoms with Gasteiger partial charge in [-0.25, -0.2) is 0 Å². The predicted octanol–water partition coefficient (Wildman–Crippen LogP) is -1.11. The maximum absolute atomic E-state index is 11.1. The van der Waals surface area contributed by atoms with Gasteiger partial charge in [-0.1, -0.05) is 0 Å². The molecule has 0 aliphatic carbocycles. The van der Waals surface area contributed by atoms with Crippen LogP contribution < -0.4 is 5.32 Å². The van der Waals surface area contributed by atoms with Crippen molar-refractivity contribution < 1.29 is 14.7 Å². The fourth-order valence-corrected chi connectivity index (χ4v) is 1.19. The molecule has 12 heavy (non-hydrogen) atoms. The van der Waals surface area contributed by atoms with Crippen LogP contribution in [0.25, 0.3) is 0 Å². The fraction of sp³-hybridized carbons (Fsp3) is 0.714. The minimum absolute atomic E-state index is 0.143. The molecular weight excluding hydrogens is 160 g/mol. The van der Waals surface area contributed by atoms with E-state index in [1.165, 1.54) is 4.90 Å². The number of carboxylic acid groups (broad SMARTS) is 1. The predicted molar refractivity (Wildman–Crippen MR) is 41.7 cm³/mol. The molecule has 1 saturated heterocycles. The molecule has 0 radical (unpaired) electrons. The summed E-state index contributed by atoms with van der Waals surface area (Å²) in [7, 11) is 0. The smallest absolute Gasteiger partial charge is 0.323 e. The van der Waals surface area contributed by atoms with Gasteiger partial charge in [-0.2, -0.15) is 0 Å². The molecule has 0 aromatic heterocycles. The Hall–Kier alpha value is -1.10. The number of carboxylic acids is 1. The van der Waals surface area contributed by atoms with Crippen molar-refractivity contribution in [2.75, 3.05) is 19.6 Å². The first-order chi connectivity index (χ1) is 5.59. The highest BCUT2D eigenvalue weighted by Crippen LogP contribution is 1.98. The molecule has 1 fully saturated rings. The van der Waals surface area contributed by atoms with E-state index in [2.05, 4.69) is 5.32 Å². The lowest BCUT2D eigenvalue weighted by molar-refractivity contribution is -0.145. The highest BCUT2D eigenvalue weighted by molar-refractivity contribution is 5.83. The van der Waals surface area contributed by atoms with E-state index >= 15 is 0 Å². The second-order valence-corrected chi connectivity index (χ2v) is 2.95. The molecule has 1 atom stereocenters. The Morgan fingerprint density at radius 2 is 2.50 bits per heavy atom. The molecule has 0 spiro atoms. The molecule has 5 heteroatoms. The largest absolute Gasteiger partial charge is 0.480 e. The molecule has 2 N–H and O–H groups in total. The van der Waals surface area contributed by atoms with Crippen molar-refractivity contribution >= 4 is 11.9 Å². The summed E-state index contributed by atoms with van der Waals surface area (Å²) in [6.07, 6.45) is 0. The molecule has 1 amide bonds. The van der Waals surface area contributed by atoms with E-state index in [1.807, 2.05) is 6.92 Å². The zero-order valence-electron chi connectivity index (χ0n) is 6.91. The molecule has 1 unspecified atom stereocenters. The summed E-state index contributed by atoms with van der Waals surface area (Å²) in [6, 6.07) is 0.182. The molecule has 0 aromatic carbocycles. The number of hydrogen-bond acceptors (Lipinski definition) is 3. The SMILES string of the molecule is CC1CN(CC(=O)O)C(=O)CN1. The summed E-state index contributed by atoms with van der Waals surface area (Å²) in [6.45, 7) is 2.45. The summed E-state index contributed by atoms with van der Waals surface area (Å²) < 4.78 is 0. The number of nitrogens with one attached hydrogen (secondary N) is 1. The van der Waals surface area contributed by atoms with E-state index < -0.39 is 5.97 Å². The number of amides is 1. The molecule has 1 aliphatic rings. The average Bonchev–Trinajstić information content (AvgIpc) is 1.96. The third kappa shape index (κ3) is 2.20. The summed E-state index contributed by atoms with van der Waals surface area (Å²) in [5.74, 6) is -1.10. The van der Waals surface area contributed by atoms with Crippen molar-refractivity contribution in [3.05, 3.63) is 0 Å². The Balaban J connectivity index is 2.49. The molecule has 0 aromatic rings. The van der Waals surface area contributed by atoms with E-state index in [4.69, 9.17) is 5.11 Å². The summed E-state index contributed by atoms with van der Waals surface area (Å²) in [5, 5.41) is 11.4. The number of nitrogens with zero attached hydrogens (tertiary/aromatic N) is 1. The first-order valence-electron chi connectivity index (χ1n) is 3.82. The summed E-state index contributed by atoms with van der Waals surface area (Å²) in [5.41, 5.74) is 0. The molecule has 0 bridgehead atoms. The first-order valence-corrected chi connectivity index (χ1v) is 3.82. The number of rotatable bonds is 2. The molecule has 5 nitrogen and oxygen atoms in total. The molecule has 68 valence electrons. The Bertz CT molecular complexity index is 205. The molecule has 1 rings (SSSR count). The average molecular weight is 172 g/mol. The topological polar surface area (TPSA) is 69.6 Å². The maximum atomic E-state index is 11.1. The third-order valence-corrected chi connectivity index (χ3v) is 1.77. The lowest BCUT2D eigenvalue weighted by Crippen LogP contribution is -2.54. The van der Waals surface area contributed by atoms with Crippen LogP contribution in [0.3, 0.4) is 0 Å². The van der Waals surface area contributed by atoms with Gasteiger partial charge in [0, 0.05) is 12.6 Å². The molecule has 1 heterocycles. The first kappa shape index (κ1) is 8.99. The number of hydrogen-bond donors (Lipinski definition) is 2. The lowest BCUT2D eigenvalue weighted by Gasteiger charge is -2.30. The second kappa shape index (κ2) is 3.53. The van der Waals surface area contributed by atoms with Gasteiger partial charge < -0.3 is 15.3 Å². The highest BCUT2D eigenvalue weighted by Gasteiger charge is 2.23. The Labute approximate surface area is 70.4 Å². The third-order valence-electron chi connectivity index (χ3n) is 1.77. The molecule has 1 aliphatic heterocycles. The van der Waals surface area contributed by atoms with Crippen LogP contribution in [0.15, 0.2) is 0 Å². The van der Waals surface area contributed by atoms with Crippen molar-refractivity contribution in [1.82, 2.24) is 10.2 Å². The van der Waals surface area contributed by atoms with Crippen LogP contribution >= 0.6 is 0 Å². The van der Waals surface area contributed by atoms with Gasteiger partial charge in [-0.05, 0) is 6.92 Å². The van der Waals surface area contributed by atoms with E-state index in [1.54, 1.807) is 0 Å². The van der Waals surface area contributed by atoms with Gasteiger partial charge in [0.1, 0.15) is 6.54 Å². The number of aliphatic carboxylic acids is 1. The van der Waals surface area contributed by atoms with Gasteiger partial charge in [-0.3, -0.25) is 9.59 Å². The standard InChI is InChI=1S/C7H12N2O3/c1-5-3-9(4-7(11)12)6(10)2-8-5/h5,8H,2-4H2,1H3,(H,11,12).